The Morgan fingerprint density at radius 1 is 1.57 bits per heavy atom. The van der Waals surface area contributed by atoms with Crippen molar-refractivity contribution >= 4 is 0 Å². The van der Waals surface area contributed by atoms with Gasteiger partial charge in [-0.25, -0.2) is 4.98 Å². The third-order valence-corrected chi connectivity index (χ3v) is 3.08. The predicted octanol–water partition coefficient (Wildman–Crippen LogP) is 1.39. The predicted molar refractivity (Wildman–Crippen MR) is 55.5 cm³/mol. The molecule has 1 aromatic rings. The first kappa shape index (κ1) is 9.46. The Labute approximate surface area is 84.3 Å². The highest BCUT2D eigenvalue weighted by Crippen LogP contribution is 2.47. The molecule has 0 atom stereocenters. The first-order valence-corrected chi connectivity index (χ1v) is 4.93. The van der Waals surface area contributed by atoms with Crippen molar-refractivity contribution in [1.29, 1.82) is 0 Å². The Hall–Kier alpha value is -1.09. The van der Waals surface area contributed by atoms with Crippen LogP contribution in [0.5, 0.6) is 5.88 Å². The molecule has 0 radical (unpaired) electrons. The molecule has 76 valence electrons. The number of hydrogen-bond acceptors (Lipinski definition) is 3. The van der Waals surface area contributed by atoms with Crippen LogP contribution < -0.4 is 10.5 Å². The highest BCUT2D eigenvalue weighted by molar-refractivity contribution is 5.36. The van der Waals surface area contributed by atoms with Gasteiger partial charge in [0.1, 0.15) is 0 Å². The van der Waals surface area contributed by atoms with Gasteiger partial charge in [0.05, 0.1) is 7.11 Å². The summed E-state index contributed by atoms with van der Waals surface area (Å²) in [6.45, 7) is 2.74. The van der Waals surface area contributed by atoms with Crippen molar-refractivity contribution < 1.29 is 4.74 Å². The molecule has 0 aromatic carbocycles. The molecular weight excluding hydrogens is 176 g/mol. The van der Waals surface area contributed by atoms with Gasteiger partial charge in [-0.05, 0) is 31.4 Å². The third kappa shape index (κ3) is 1.38. The van der Waals surface area contributed by atoms with E-state index in [1.165, 1.54) is 18.4 Å². The topological polar surface area (TPSA) is 48.1 Å². The Morgan fingerprint density at radius 3 is 2.71 bits per heavy atom. The van der Waals surface area contributed by atoms with E-state index in [2.05, 4.69) is 11.1 Å². The van der Waals surface area contributed by atoms with Crippen molar-refractivity contribution in [2.24, 2.45) is 5.73 Å². The molecule has 1 aliphatic carbocycles. The first-order valence-electron chi connectivity index (χ1n) is 4.93. The number of aromatic nitrogens is 1. The lowest BCUT2D eigenvalue weighted by Gasteiger charge is -2.13. The lowest BCUT2D eigenvalue weighted by atomic mass is 9.97. The van der Waals surface area contributed by atoms with E-state index in [0.29, 0.717) is 5.88 Å². The van der Waals surface area contributed by atoms with Crippen molar-refractivity contribution in [3.05, 3.63) is 23.4 Å². The van der Waals surface area contributed by atoms with Crippen molar-refractivity contribution in [2.45, 2.75) is 25.2 Å². The summed E-state index contributed by atoms with van der Waals surface area (Å²) in [5.41, 5.74) is 8.34. The van der Waals surface area contributed by atoms with E-state index < -0.39 is 0 Å². The number of nitrogens with zero attached hydrogens (tertiary/aromatic N) is 1. The van der Waals surface area contributed by atoms with Crippen molar-refractivity contribution in [3.63, 3.8) is 0 Å². The second-order valence-electron chi connectivity index (χ2n) is 4.03. The summed E-state index contributed by atoms with van der Waals surface area (Å²) < 4.78 is 5.12. The number of ether oxygens (including phenoxy) is 1. The lowest BCUT2D eigenvalue weighted by Crippen LogP contribution is -2.20. The molecule has 0 amide bonds. The normalized spacial score (nSPS) is 17.9. The summed E-state index contributed by atoms with van der Waals surface area (Å²) in [6.07, 6.45) is 4.28. The lowest BCUT2D eigenvalue weighted by molar-refractivity contribution is 0.394. The van der Waals surface area contributed by atoms with Crippen molar-refractivity contribution in [1.82, 2.24) is 4.98 Å². The minimum atomic E-state index is 0.226. The Morgan fingerprint density at radius 2 is 2.29 bits per heavy atom. The van der Waals surface area contributed by atoms with E-state index in [1.54, 1.807) is 7.11 Å². The number of nitrogens with two attached hydrogens (primary N) is 1. The maximum atomic E-state index is 5.76. The Kier molecular flexibility index (Phi) is 2.19. The second kappa shape index (κ2) is 3.24. The smallest absolute Gasteiger partial charge is 0.215 e. The highest BCUT2D eigenvalue weighted by atomic mass is 16.5. The maximum absolute atomic E-state index is 5.76. The van der Waals surface area contributed by atoms with Gasteiger partial charge < -0.3 is 10.5 Å². The second-order valence-corrected chi connectivity index (χ2v) is 4.03. The van der Waals surface area contributed by atoms with Gasteiger partial charge in [0.15, 0.2) is 0 Å². The molecule has 0 bridgehead atoms. The molecule has 0 spiro atoms. The van der Waals surface area contributed by atoms with Gasteiger partial charge in [0.2, 0.25) is 5.88 Å². The summed E-state index contributed by atoms with van der Waals surface area (Å²) in [4.78, 5) is 4.27. The van der Waals surface area contributed by atoms with Gasteiger partial charge in [0, 0.05) is 23.7 Å². The minimum Gasteiger partial charge on any atom is -0.481 e. The maximum Gasteiger partial charge on any atom is 0.215 e. The van der Waals surface area contributed by atoms with E-state index in [4.69, 9.17) is 10.5 Å². The molecule has 1 heterocycles. The summed E-state index contributed by atoms with van der Waals surface area (Å²) in [5, 5.41) is 0. The van der Waals surface area contributed by atoms with Gasteiger partial charge in [-0.1, -0.05) is 0 Å². The van der Waals surface area contributed by atoms with Crippen LogP contribution in [-0.4, -0.2) is 18.6 Å². The molecule has 1 saturated carbocycles. The van der Waals surface area contributed by atoms with Gasteiger partial charge >= 0.3 is 0 Å². The minimum absolute atomic E-state index is 0.226. The van der Waals surface area contributed by atoms with Crippen LogP contribution >= 0.6 is 0 Å². The fourth-order valence-electron chi connectivity index (χ4n) is 1.83. The number of pyridine rings is 1. The first-order chi connectivity index (χ1) is 6.72. The summed E-state index contributed by atoms with van der Waals surface area (Å²) in [5.74, 6) is 0.710. The van der Waals surface area contributed by atoms with Gasteiger partial charge in [0.25, 0.3) is 0 Å². The molecule has 14 heavy (non-hydrogen) atoms. The van der Waals surface area contributed by atoms with Crippen LogP contribution in [0.25, 0.3) is 0 Å². The van der Waals surface area contributed by atoms with E-state index in [0.717, 1.165) is 12.1 Å². The van der Waals surface area contributed by atoms with Gasteiger partial charge in [-0.15, -0.1) is 0 Å². The summed E-state index contributed by atoms with van der Waals surface area (Å²) in [7, 11) is 1.64. The van der Waals surface area contributed by atoms with Crippen LogP contribution in [0.15, 0.2) is 12.3 Å². The molecule has 0 saturated heterocycles. The van der Waals surface area contributed by atoms with Gasteiger partial charge in [-0.3, -0.25) is 0 Å². The molecule has 1 fully saturated rings. The zero-order valence-electron chi connectivity index (χ0n) is 8.71. The zero-order chi connectivity index (χ0) is 10.2. The Balaban J connectivity index is 2.33. The molecule has 3 nitrogen and oxygen atoms in total. The molecule has 1 aliphatic rings. The quantitative estimate of drug-likeness (QED) is 0.787. The van der Waals surface area contributed by atoms with E-state index in [-0.39, 0.29) is 5.41 Å². The van der Waals surface area contributed by atoms with E-state index >= 15 is 0 Å². The molecule has 2 rings (SSSR count). The standard InChI is InChI=1S/C11H16N2O/c1-8-5-9(6-13-10(8)14-2)11(7-12)3-4-11/h5-6H,3-4,7,12H2,1-2H3. The van der Waals surface area contributed by atoms with E-state index in [1.807, 2.05) is 13.1 Å². The average Bonchev–Trinajstić information content (AvgIpc) is 2.98. The van der Waals surface area contributed by atoms with E-state index in [9.17, 15) is 0 Å². The van der Waals surface area contributed by atoms with Crippen LogP contribution in [0.2, 0.25) is 0 Å². The zero-order valence-corrected chi connectivity index (χ0v) is 8.71. The molecule has 1 aromatic heterocycles. The van der Waals surface area contributed by atoms with Crippen molar-refractivity contribution in [2.75, 3.05) is 13.7 Å². The van der Waals surface area contributed by atoms with Crippen LogP contribution in [0.3, 0.4) is 0 Å². The Bertz CT molecular complexity index is 345. The fraction of sp³-hybridized carbons (Fsp3) is 0.545. The SMILES string of the molecule is COc1ncc(C2(CN)CC2)cc1C. The largest absolute Gasteiger partial charge is 0.481 e. The number of aryl methyl sites for hydroxylation is 1. The number of hydrogen-bond donors (Lipinski definition) is 1. The fourth-order valence-corrected chi connectivity index (χ4v) is 1.83. The average molecular weight is 192 g/mol. The van der Waals surface area contributed by atoms with Crippen LogP contribution in [-0.2, 0) is 5.41 Å². The van der Waals surface area contributed by atoms with Gasteiger partial charge in [-0.2, -0.15) is 0 Å². The number of rotatable bonds is 3. The molecular formula is C11H16N2O. The van der Waals surface area contributed by atoms with Crippen LogP contribution in [0.1, 0.15) is 24.0 Å². The van der Waals surface area contributed by atoms with Crippen LogP contribution in [0.4, 0.5) is 0 Å². The molecule has 0 unspecified atom stereocenters. The molecule has 2 N–H and O–H groups in total. The number of methoxy groups -OCH3 is 1. The van der Waals surface area contributed by atoms with Crippen LogP contribution in [0, 0.1) is 6.92 Å². The third-order valence-electron chi connectivity index (χ3n) is 3.08. The molecule has 3 heteroatoms. The summed E-state index contributed by atoms with van der Waals surface area (Å²) >= 11 is 0. The highest BCUT2D eigenvalue weighted by Gasteiger charge is 2.43. The monoisotopic (exact) mass is 192 g/mol. The summed E-state index contributed by atoms with van der Waals surface area (Å²) in [6, 6.07) is 2.14. The molecule has 0 aliphatic heterocycles. The van der Waals surface area contributed by atoms with Crippen molar-refractivity contribution in [3.8, 4) is 5.88 Å².